The molecule has 0 saturated heterocycles. The normalized spacial score (nSPS) is 7.38. The molecule has 8 heteroatoms. The maximum atomic E-state index is 8.88. The molecule has 0 aliphatic rings. The van der Waals surface area contributed by atoms with E-state index in [0.29, 0.717) is 0 Å². The van der Waals surface area contributed by atoms with Crippen LogP contribution >= 0.6 is 20.2 Å². The average molecular weight is 363 g/mol. The third-order valence-corrected chi connectivity index (χ3v) is 0. The third kappa shape index (κ3) is 66.5. The first-order valence-corrected chi connectivity index (χ1v) is 2.35. The van der Waals surface area contributed by atoms with Gasteiger partial charge in [-0.3, -0.25) is 0 Å². The number of rotatable bonds is 0. The van der Waals surface area contributed by atoms with Gasteiger partial charge in [0.25, 0.3) is 0 Å². The summed E-state index contributed by atoms with van der Waals surface area (Å²) in [6, 6.07) is 0. The quantitative estimate of drug-likeness (QED) is 0.507. The van der Waals surface area contributed by atoms with Crippen molar-refractivity contribution in [3.8, 4) is 0 Å². The van der Waals surface area contributed by atoms with Gasteiger partial charge in [0.1, 0.15) is 0 Å². The van der Waals surface area contributed by atoms with Crippen LogP contribution in [-0.4, -0.2) is 14.7 Å². The van der Waals surface area contributed by atoms with Gasteiger partial charge in [-0.05, 0) is 0 Å². The Labute approximate surface area is 112 Å². The van der Waals surface area contributed by atoms with Crippen LogP contribution in [0.1, 0.15) is 0 Å². The van der Waals surface area contributed by atoms with Gasteiger partial charge in [-0.1, -0.05) is 0 Å². The first-order valence-electron chi connectivity index (χ1n) is 0.783. The molecule has 0 spiro atoms. The molecule has 0 aromatic rings. The molecular formula is H4CeClO4PY. The minimum Gasteiger partial charge on any atom is -0.303 e. The van der Waals surface area contributed by atoms with Crippen LogP contribution in [0.2, 0.25) is 0 Å². The van der Waals surface area contributed by atoms with E-state index in [0.717, 1.165) is 0 Å². The maximum absolute atomic E-state index is 8.88. The molecular weight excluding hydrogens is 359 g/mol. The van der Waals surface area contributed by atoms with E-state index < -0.39 is 7.82 Å². The Balaban J connectivity index is -0.0000000267. The SMILES string of the molecule is Cl.O=P(O)(O)O.[Ce].[Y]. The van der Waals surface area contributed by atoms with Crippen LogP contribution in [-0.2, 0) is 37.3 Å². The topological polar surface area (TPSA) is 77.8 Å². The number of halogens is 1. The van der Waals surface area contributed by atoms with Crippen molar-refractivity contribution in [2.45, 2.75) is 0 Å². The number of phosphoric acid groups is 1. The molecule has 0 atom stereocenters. The smallest absolute Gasteiger partial charge is 0.303 e. The van der Waals surface area contributed by atoms with Gasteiger partial charge in [-0.15, -0.1) is 12.4 Å². The van der Waals surface area contributed by atoms with E-state index in [-0.39, 0.29) is 86.9 Å². The van der Waals surface area contributed by atoms with Gasteiger partial charge in [0.15, 0.2) is 0 Å². The fraction of sp³-hybridized carbons (Fsp3) is 0. The molecule has 4 nitrogen and oxygen atoms in total. The molecule has 0 amide bonds. The molecule has 0 saturated carbocycles. The number of hydrogen-bond acceptors (Lipinski definition) is 1. The van der Waals surface area contributed by atoms with Gasteiger partial charge < -0.3 is 14.7 Å². The second-order valence-electron chi connectivity index (χ2n) is 0.513. The van der Waals surface area contributed by atoms with Gasteiger partial charge in [-0.2, -0.15) is 0 Å². The molecule has 3 N–H and O–H groups in total. The summed E-state index contributed by atoms with van der Waals surface area (Å²) in [4.78, 5) is 21.6. The van der Waals surface area contributed by atoms with Crippen molar-refractivity contribution < 1.29 is 93.7 Å². The van der Waals surface area contributed by atoms with Crippen molar-refractivity contribution in [2.75, 3.05) is 0 Å². The Morgan fingerprint density at radius 3 is 1.12 bits per heavy atom. The van der Waals surface area contributed by atoms with E-state index in [9.17, 15) is 0 Å². The Hall–Kier alpha value is 2.88. The second-order valence-corrected chi connectivity index (χ2v) is 1.54. The van der Waals surface area contributed by atoms with Crippen LogP contribution in [0.25, 0.3) is 0 Å². The van der Waals surface area contributed by atoms with Crippen molar-refractivity contribution in [1.82, 2.24) is 0 Å². The minimum absolute atomic E-state index is 0. The summed E-state index contributed by atoms with van der Waals surface area (Å²) in [5.41, 5.74) is 0. The van der Waals surface area contributed by atoms with Crippen molar-refractivity contribution in [3.05, 3.63) is 0 Å². The summed E-state index contributed by atoms with van der Waals surface area (Å²) in [7, 11) is -4.64. The van der Waals surface area contributed by atoms with Gasteiger partial charge in [0.05, 0.1) is 0 Å². The zero-order valence-electron chi connectivity index (χ0n) is 3.68. The van der Waals surface area contributed by atoms with Crippen LogP contribution in [0.15, 0.2) is 0 Å². The molecule has 47 valence electrons. The summed E-state index contributed by atoms with van der Waals surface area (Å²) in [6.07, 6.45) is 0. The molecule has 0 aliphatic carbocycles. The van der Waals surface area contributed by atoms with Crippen LogP contribution < -0.4 is 0 Å². The standard InChI is InChI=1S/Ce.ClH.H3O4P.Y/c;;1-5(2,3)4;/h;1H;(H3,1,2,3,4);. The maximum Gasteiger partial charge on any atom is 0.466 e. The van der Waals surface area contributed by atoms with E-state index in [1.165, 1.54) is 0 Å². The Kier molecular flexibility index (Phi) is 27.7. The molecule has 0 fully saturated rings. The molecule has 0 bridgehead atoms. The largest absolute Gasteiger partial charge is 0.466 e. The monoisotopic (exact) mass is 363 g/mol. The fourth-order valence-electron chi connectivity index (χ4n) is 0. The van der Waals surface area contributed by atoms with E-state index in [1.54, 1.807) is 0 Å². The summed E-state index contributed by atoms with van der Waals surface area (Å²) < 4.78 is 8.88. The molecule has 0 aromatic carbocycles. The summed E-state index contributed by atoms with van der Waals surface area (Å²) >= 11 is 0. The Morgan fingerprint density at radius 1 is 1.12 bits per heavy atom. The molecule has 0 rings (SSSR count). The molecule has 1 radical (unpaired) electrons. The summed E-state index contributed by atoms with van der Waals surface area (Å²) in [6.45, 7) is 0. The van der Waals surface area contributed by atoms with Gasteiger partial charge in [-0.25, -0.2) is 4.57 Å². The predicted octanol–water partition coefficient (Wildman–Crippen LogP) is -0.509. The zero-order chi connectivity index (χ0) is 4.50. The second kappa shape index (κ2) is 9.88. The Bertz CT molecular complexity index is 62.2. The Morgan fingerprint density at radius 2 is 1.12 bits per heavy atom. The zero-order valence-corrected chi connectivity index (χ0v) is 11.4. The molecule has 0 heterocycles. The summed E-state index contributed by atoms with van der Waals surface area (Å²) in [5, 5.41) is 0. The average Bonchev–Trinajstić information content (AvgIpc) is 0.722. The predicted molar refractivity (Wildman–Crippen MR) is 21.5 cm³/mol. The van der Waals surface area contributed by atoms with Gasteiger partial charge in [0, 0.05) is 74.5 Å². The van der Waals surface area contributed by atoms with E-state index >= 15 is 0 Å². The minimum atomic E-state index is -4.64. The van der Waals surface area contributed by atoms with Crippen molar-refractivity contribution in [1.29, 1.82) is 0 Å². The summed E-state index contributed by atoms with van der Waals surface area (Å²) in [5.74, 6) is 0. The fourth-order valence-corrected chi connectivity index (χ4v) is 0. The van der Waals surface area contributed by atoms with Gasteiger partial charge >= 0.3 is 7.82 Å². The first-order chi connectivity index (χ1) is 2.00. The first kappa shape index (κ1) is 22.4. The van der Waals surface area contributed by atoms with Crippen LogP contribution in [0.4, 0.5) is 0 Å². The third-order valence-electron chi connectivity index (χ3n) is 0. The molecule has 0 aromatic heterocycles. The van der Waals surface area contributed by atoms with E-state index in [4.69, 9.17) is 19.2 Å². The molecule has 8 heavy (non-hydrogen) atoms. The van der Waals surface area contributed by atoms with Crippen LogP contribution in [0.3, 0.4) is 0 Å². The van der Waals surface area contributed by atoms with Crippen LogP contribution in [0, 0.1) is 41.7 Å². The van der Waals surface area contributed by atoms with E-state index in [1.807, 2.05) is 0 Å². The van der Waals surface area contributed by atoms with Crippen molar-refractivity contribution in [3.63, 3.8) is 0 Å². The number of hydrogen-bond donors (Lipinski definition) is 3. The molecule has 0 unspecified atom stereocenters. The molecule has 0 aliphatic heterocycles. The van der Waals surface area contributed by atoms with Crippen molar-refractivity contribution in [2.24, 2.45) is 0 Å². The van der Waals surface area contributed by atoms with Crippen LogP contribution in [0.5, 0.6) is 0 Å². The van der Waals surface area contributed by atoms with E-state index in [2.05, 4.69) is 0 Å². The van der Waals surface area contributed by atoms with Gasteiger partial charge in [0.2, 0.25) is 0 Å². The van der Waals surface area contributed by atoms with Crippen molar-refractivity contribution >= 4 is 20.2 Å².